The number of halogens is 1. The third kappa shape index (κ3) is 4.64. The lowest BCUT2D eigenvalue weighted by Gasteiger charge is -2.17. The van der Waals surface area contributed by atoms with Crippen LogP contribution in [0.25, 0.3) is 0 Å². The number of amides is 1. The molecular weight excluding hydrogens is 345 g/mol. The number of benzene rings is 1. The van der Waals surface area contributed by atoms with Gasteiger partial charge in [-0.15, -0.1) is 0 Å². The van der Waals surface area contributed by atoms with E-state index in [4.69, 9.17) is 5.11 Å². The second-order valence-corrected chi connectivity index (χ2v) is 6.45. The van der Waals surface area contributed by atoms with E-state index >= 15 is 0 Å². The number of hydrogen-bond donors (Lipinski definition) is 2. The number of carbonyl (C=O) groups excluding carboxylic acids is 1. The Morgan fingerprint density at radius 1 is 1.33 bits per heavy atom. The zero-order chi connectivity index (χ0) is 13.9. The highest BCUT2D eigenvalue weighted by atomic mass is 127. The molecule has 0 atom stereocenters. The van der Waals surface area contributed by atoms with Crippen molar-refractivity contribution in [1.82, 2.24) is 0 Å². The van der Waals surface area contributed by atoms with E-state index in [2.05, 4.69) is 5.32 Å². The van der Waals surface area contributed by atoms with Crippen molar-refractivity contribution in [2.75, 3.05) is 5.32 Å². The molecule has 0 heterocycles. The van der Waals surface area contributed by atoms with Crippen molar-refractivity contribution < 1.29 is 14.7 Å². The molecule has 0 aliphatic carbocycles. The van der Waals surface area contributed by atoms with Crippen molar-refractivity contribution in [2.24, 2.45) is 5.41 Å². The number of hydrogen-bond acceptors (Lipinski definition) is 2. The first-order valence-corrected chi connectivity index (χ1v) is 6.59. The quantitative estimate of drug-likeness (QED) is 0.812. The van der Waals surface area contributed by atoms with Gasteiger partial charge in [-0.25, -0.2) is 4.79 Å². The molecule has 98 valence electrons. The molecule has 1 amide bonds. The SMILES string of the molecule is CC(C)(C)CC(=O)Nc1ccc(C(=O)O)cc1I. The number of carboxylic acid groups (broad SMARTS) is 1. The van der Waals surface area contributed by atoms with Gasteiger partial charge in [0.1, 0.15) is 0 Å². The standard InChI is InChI=1S/C13H16INO3/c1-13(2,3)7-11(16)15-10-5-4-8(12(17)18)6-9(10)14/h4-6H,7H2,1-3H3,(H,15,16)(H,17,18). The molecule has 4 nitrogen and oxygen atoms in total. The van der Waals surface area contributed by atoms with Crippen LogP contribution in [0.15, 0.2) is 18.2 Å². The van der Waals surface area contributed by atoms with E-state index in [1.807, 2.05) is 43.4 Å². The third-order valence-corrected chi connectivity index (χ3v) is 3.07. The number of nitrogens with one attached hydrogen (secondary N) is 1. The van der Waals surface area contributed by atoms with Crippen LogP contribution in [0.4, 0.5) is 5.69 Å². The molecule has 0 aliphatic rings. The summed E-state index contributed by atoms with van der Waals surface area (Å²) in [4.78, 5) is 22.6. The van der Waals surface area contributed by atoms with E-state index in [0.29, 0.717) is 12.1 Å². The van der Waals surface area contributed by atoms with Gasteiger partial charge in [0.2, 0.25) is 5.91 Å². The highest BCUT2D eigenvalue weighted by molar-refractivity contribution is 14.1. The monoisotopic (exact) mass is 361 g/mol. The summed E-state index contributed by atoms with van der Waals surface area (Å²) in [6.07, 6.45) is 0.420. The van der Waals surface area contributed by atoms with Crippen molar-refractivity contribution in [3.63, 3.8) is 0 Å². The van der Waals surface area contributed by atoms with Crippen molar-refractivity contribution in [3.8, 4) is 0 Å². The van der Waals surface area contributed by atoms with Gasteiger partial charge in [-0.3, -0.25) is 4.79 Å². The minimum Gasteiger partial charge on any atom is -0.478 e. The van der Waals surface area contributed by atoms with Crippen LogP contribution in [-0.4, -0.2) is 17.0 Å². The first-order chi connectivity index (χ1) is 8.19. The normalized spacial score (nSPS) is 11.1. The van der Waals surface area contributed by atoms with Crippen LogP contribution in [0.3, 0.4) is 0 Å². The first-order valence-electron chi connectivity index (χ1n) is 5.52. The molecule has 0 radical (unpaired) electrons. The maximum absolute atomic E-state index is 11.8. The molecule has 5 heteroatoms. The molecule has 0 spiro atoms. The van der Waals surface area contributed by atoms with Crippen LogP contribution in [0.5, 0.6) is 0 Å². The molecule has 1 aromatic carbocycles. The Balaban J connectivity index is 2.80. The lowest BCUT2D eigenvalue weighted by molar-refractivity contribution is -0.117. The van der Waals surface area contributed by atoms with E-state index in [-0.39, 0.29) is 16.9 Å². The summed E-state index contributed by atoms with van der Waals surface area (Å²) in [7, 11) is 0. The van der Waals surface area contributed by atoms with Crippen LogP contribution in [0, 0.1) is 8.99 Å². The lowest BCUT2D eigenvalue weighted by Crippen LogP contribution is -2.20. The van der Waals surface area contributed by atoms with Crippen LogP contribution < -0.4 is 5.32 Å². The fourth-order valence-corrected chi connectivity index (χ4v) is 2.08. The van der Waals surface area contributed by atoms with Gasteiger partial charge >= 0.3 is 5.97 Å². The van der Waals surface area contributed by atoms with Crippen LogP contribution in [0.2, 0.25) is 0 Å². The van der Waals surface area contributed by atoms with Gasteiger partial charge in [0.15, 0.2) is 0 Å². The Morgan fingerprint density at radius 2 is 1.94 bits per heavy atom. The fourth-order valence-electron chi connectivity index (χ4n) is 1.43. The highest BCUT2D eigenvalue weighted by Gasteiger charge is 2.17. The molecule has 2 N–H and O–H groups in total. The number of carbonyl (C=O) groups is 2. The van der Waals surface area contributed by atoms with Crippen molar-refractivity contribution in [2.45, 2.75) is 27.2 Å². The van der Waals surface area contributed by atoms with E-state index in [1.54, 1.807) is 6.07 Å². The maximum Gasteiger partial charge on any atom is 0.335 e. The highest BCUT2D eigenvalue weighted by Crippen LogP contribution is 2.23. The van der Waals surface area contributed by atoms with E-state index in [1.165, 1.54) is 12.1 Å². The summed E-state index contributed by atoms with van der Waals surface area (Å²) >= 11 is 2.01. The molecule has 0 aliphatic heterocycles. The Labute approximate surface area is 120 Å². The Hall–Kier alpha value is -1.11. The number of anilines is 1. The van der Waals surface area contributed by atoms with Crippen molar-refractivity contribution >= 4 is 40.2 Å². The maximum atomic E-state index is 11.8. The fraction of sp³-hybridized carbons (Fsp3) is 0.385. The minimum absolute atomic E-state index is 0.0662. The van der Waals surface area contributed by atoms with E-state index in [9.17, 15) is 9.59 Å². The third-order valence-electron chi connectivity index (χ3n) is 2.18. The van der Waals surface area contributed by atoms with Gasteiger partial charge in [-0.2, -0.15) is 0 Å². The molecule has 0 saturated heterocycles. The largest absolute Gasteiger partial charge is 0.478 e. The Morgan fingerprint density at radius 3 is 2.39 bits per heavy atom. The summed E-state index contributed by atoms with van der Waals surface area (Å²) in [6, 6.07) is 4.64. The first kappa shape index (κ1) is 14.9. The summed E-state index contributed by atoms with van der Waals surface area (Å²) in [5.74, 6) is -1.04. The second-order valence-electron chi connectivity index (χ2n) is 5.29. The van der Waals surface area contributed by atoms with Gasteiger partial charge in [-0.1, -0.05) is 20.8 Å². The summed E-state index contributed by atoms with van der Waals surface area (Å²) in [5.41, 5.74) is 0.791. The number of rotatable bonds is 3. The lowest BCUT2D eigenvalue weighted by atomic mass is 9.92. The molecule has 0 unspecified atom stereocenters. The second kappa shape index (κ2) is 5.69. The average molecular weight is 361 g/mol. The van der Waals surface area contributed by atoms with Crippen LogP contribution >= 0.6 is 22.6 Å². The molecule has 0 bridgehead atoms. The molecule has 1 rings (SSSR count). The molecule has 0 fully saturated rings. The van der Waals surface area contributed by atoms with Gasteiger partial charge < -0.3 is 10.4 Å². The van der Waals surface area contributed by atoms with Crippen LogP contribution in [-0.2, 0) is 4.79 Å². The topological polar surface area (TPSA) is 66.4 Å². The molecular formula is C13H16INO3. The summed E-state index contributed by atoms with van der Waals surface area (Å²) < 4.78 is 0.717. The van der Waals surface area contributed by atoms with Gasteiger partial charge in [-0.05, 0) is 46.2 Å². The molecule has 0 aromatic heterocycles. The minimum atomic E-state index is -0.972. The van der Waals surface area contributed by atoms with Gasteiger partial charge in [0.25, 0.3) is 0 Å². The predicted octanol–water partition coefficient (Wildman–Crippen LogP) is 3.36. The summed E-state index contributed by atoms with van der Waals surface area (Å²) in [5, 5.41) is 11.6. The number of carboxylic acids is 1. The van der Waals surface area contributed by atoms with E-state index < -0.39 is 5.97 Å². The predicted molar refractivity (Wildman–Crippen MR) is 78.8 cm³/mol. The van der Waals surface area contributed by atoms with Crippen LogP contribution in [0.1, 0.15) is 37.6 Å². The molecule has 0 saturated carbocycles. The van der Waals surface area contributed by atoms with E-state index in [0.717, 1.165) is 3.57 Å². The molecule has 1 aromatic rings. The van der Waals surface area contributed by atoms with Crippen molar-refractivity contribution in [3.05, 3.63) is 27.3 Å². The smallest absolute Gasteiger partial charge is 0.335 e. The average Bonchev–Trinajstić information content (AvgIpc) is 2.17. The molecule has 18 heavy (non-hydrogen) atoms. The zero-order valence-electron chi connectivity index (χ0n) is 10.6. The van der Waals surface area contributed by atoms with Gasteiger partial charge in [0.05, 0.1) is 11.3 Å². The zero-order valence-corrected chi connectivity index (χ0v) is 12.7. The van der Waals surface area contributed by atoms with Gasteiger partial charge in [0, 0.05) is 9.99 Å². The Kier molecular flexibility index (Phi) is 4.72. The Bertz CT molecular complexity index is 478. The summed E-state index contributed by atoms with van der Waals surface area (Å²) in [6.45, 7) is 5.97. The number of aromatic carboxylic acids is 1. The van der Waals surface area contributed by atoms with Crippen molar-refractivity contribution in [1.29, 1.82) is 0 Å².